The molecule has 1 heterocycles. The van der Waals surface area contributed by atoms with E-state index in [0.29, 0.717) is 36.2 Å². The minimum atomic E-state index is -0.658. The summed E-state index contributed by atoms with van der Waals surface area (Å²) in [4.78, 5) is 20.1. The summed E-state index contributed by atoms with van der Waals surface area (Å²) in [5.74, 6) is -1.41. The average molecular weight is 410 g/mol. The molecule has 1 aromatic heterocycles. The van der Waals surface area contributed by atoms with E-state index in [-0.39, 0.29) is 29.2 Å². The van der Waals surface area contributed by atoms with Crippen LogP contribution in [0.3, 0.4) is 0 Å². The van der Waals surface area contributed by atoms with E-state index in [4.69, 9.17) is 5.73 Å². The Kier molecular flexibility index (Phi) is 5.41. The molecule has 154 valence electrons. The van der Waals surface area contributed by atoms with Gasteiger partial charge in [-0.15, -0.1) is 0 Å². The lowest BCUT2D eigenvalue weighted by atomic mass is 10.1. The summed E-state index contributed by atoms with van der Waals surface area (Å²) in [6, 6.07) is 9.60. The number of nitrogens with one attached hydrogen (secondary N) is 1. The van der Waals surface area contributed by atoms with Gasteiger partial charge in [-0.1, -0.05) is 18.2 Å². The van der Waals surface area contributed by atoms with Gasteiger partial charge in [0.15, 0.2) is 11.5 Å². The maximum absolute atomic E-state index is 14.2. The number of carbonyl (C=O) groups is 1. The van der Waals surface area contributed by atoms with Crippen molar-refractivity contribution >= 4 is 11.8 Å². The molecule has 1 atom stereocenters. The molecule has 1 unspecified atom stereocenters. The van der Waals surface area contributed by atoms with Gasteiger partial charge in [0.25, 0.3) is 0 Å². The third kappa shape index (κ3) is 3.73. The average Bonchev–Trinajstić information content (AvgIpc) is 3.20. The summed E-state index contributed by atoms with van der Waals surface area (Å²) in [5.41, 5.74) is 8.69. The minimum absolute atomic E-state index is 0.00224. The number of hydrogen-bond donors (Lipinski definition) is 2. The highest BCUT2D eigenvalue weighted by molar-refractivity contribution is 5.92. The van der Waals surface area contributed by atoms with E-state index in [1.54, 1.807) is 0 Å². The third-order valence-electron chi connectivity index (χ3n) is 5.23. The zero-order chi connectivity index (χ0) is 21.3. The quantitative estimate of drug-likeness (QED) is 0.625. The number of nitrogens with two attached hydrogens (primary N) is 1. The molecule has 0 aliphatic heterocycles. The van der Waals surface area contributed by atoms with Crippen LogP contribution in [0.2, 0.25) is 0 Å². The Balaban J connectivity index is 1.54. The van der Waals surface area contributed by atoms with Crippen molar-refractivity contribution < 1.29 is 18.3 Å². The molecule has 1 aliphatic rings. The van der Waals surface area contributed by atoms with Crippen molar-refractivity contribution in [3.05, 3.63) is 76.6 Å². The van der Waals surface area contributed by atoms with Crippen molar-refractivity contribution in [3.8, 4) is 11.3 Å². The molecule has 3 N–H and O–H groups in total. The fourth-order valence-corrected chi connectivity index (χ4v) is 3.74. The lowest BCUT2D eigenvalue weighted by molar-refractivity contribution is 0.0595. The summed E-state index contributed by atoms with van der Waals surface area (Å²) >= 11 is 0. The molecule has 30 heavy (non-hydrogen) atoms. The van der Waals surface area contributed by atoms with E-state index in [0.717, 1.165) is 11.1 Å². The lowest BCUT2D eigenvalue weighted by Gasteiger charge is -2.15. The van der Waals surface area contributed by atoms with Crippen LogP contribution >= 0.6 is 0 Å². The first-order valence-electron chi connectivity index (χ1n) is 9.48. The molecule has 3 aromatic rings. The Morgan fingerprint density at radius 3 is 2.87 bits per heavy atom. The van der Waals surface area contributed by atoms with Crippen LogP contribution in [-0.4, -0.2) is 23.0 Å². The first kappa shape index (κ1) is 19.9. The number of ether oxygens (including phenoxy) is 1. The fourth-order valence-electron chi connectivity index (χ4n) is 3.74. The summed E-state index contributed by atoms with van der Waals surface area (Å²) in [7, 11) is 1.25. The van der Waals surface area contributed by atoms with Crippen LogP contribution in [0, 0.1) is 11.6 Å². The van der Waals surface area contributed by atoms with E-state index >= 15 is 0 Å². The van der Waals surface area contributed by atoms with Crippen LogP contribution in [0.4, 0.5) is 14.6 Å². The van der Waals surface area contributed by atoms with Crippen molar-refractivity contribution in [3.63, 3.8) is 0 Å². The molecule has 6 nitrogen and oxygen atoms in total. The molecule has 8 heteroatoms. The Hall–Kier alpha value is -3.39. The van der Waals surface area contributed by atoms with Gasteiger partial charge in [-0.2, -0.15) is 0 Å². The second-order valence-corrected chi connectivity index (χ2v) is 7.07. The number of anilines is 1. The zero-order valence-electron chi connectivity index (χ0n) is 16.3. The number of benzene rings is 2. The first-order valence-corrected chi connectivity index (χ1v) is 9.48. The maximum Gasteiger partial charge on any atom is 0.360 e. The number of methoxy groups -OCH3 is 1. The molecule has 0 fully saturated rings. The zero-order valence-corrected chi connectivity index (χ0v) is 16.3. The summed E-state index contributed by atoms with van der Waals surface area (Å²) in [5, 5.41) is 3.31. The molecule has 0 radical (unpaired) electrons. The number of hydrogen-bond acceptors (Lipinski definition) is 6. The molecular weight excluding hydrogens is 390 g/mol. The second kappa shape index (κ2) is 8.16. The Morgan fingerprint density at radius 1 is 1.27 bits per heavy atom. The molecule has 0 amide bonds. The summed E-state index contributed by atoms with van der Waals surface area (Å²) in [6.07, 6.45) is 2.63. The number of nitrogens with zero attached hydrogens (tertiary/aromatic N) is 2. The van der Waals surface area contributed by atoms with E-state index in [1.165, 1.54) is 25.4 Å². The van der Waals surface area contributed by atoms with Gasteiger partial charge in [0.2, 0.25) is 0 Å². The second-order valence-electron chi connectivity index (χ2n) is 7.07. The number of carbonyl (C=O) groups excluding carboxylic acids is 1. The van der Waals surface area contributed by atoms with Gasteiger partial charge < -0.3 is 15.8 Å². The third-order valence-corrected chi connectivity index (χ3v) is 5.23. The van der Waals surface area contributed by atoms with Crippen molar-refractivity contribution in [2.75, 3.05) is 12.8 Å². The normalized spacial score (nSPS) is 15.1. The minimum Gasteiger partial charge on any atom is -0.464 e. The summed E-state index contributed by atoms with van der Waals surface area (Å²) < 4.78 is 32.9. The van der Waals surface area contributed by atoms with Crippen molar-refractivity contribution in [2.24, 2.45) is 0 Å². The predicted molar refractivity (Wildman–Crippen MR) is 107 cm³/mol. The fraction of sp³-hybridized carbons (Fsp3) is 0.227. The number of nitrogen functional groups attached to an aromatic ring is 1. The Labute approximate surface area is 172 Å². The predicted octanol–water partition coefficient (Wildman–Crippen LogP) is 3.57. The van der Waals surface area contributed by atoms with Crippen LogP contribution in [0.25, 0.3) is 11.3 Å². The van der Waals surface area contributed by atoms with Gasteiger partial charge >= 0.3 is 5.97 Å². The van der Waals surface area contributed by atoms with E-state index in [2.05, 4.69) is 20.0 Å². The van der Waals surface area contributed by atoms with Gasteiger partial charge in [0.1, 0.15) is 11.6 Å². The van der Waals surface area contributed by atoms with E-state index in [1.807, 2.05) is 24.3 Å². The Morgan fingerprint density at radius 2 is 2.07 bits per heavy atom. The van der Waals surface area contributed by atoms with Crippen LogP contribution < -0.4 is 11.1 Å². The highest BCUT2D eigenvalue weighted by atomic mass is 19.1. The molecule has 0 bridgehead atoms. The van der Waals surface area contributed by atoms with Crippen LogP contribution in [0.5, 0.6) is 0 Å². The van der Waals surface area contributed by atoms with E-state index < -0.39 is 5.97 Å². The van der Waals surface area contributed by atoms with Crippen LogP contribution in [0.15, 0.2) is 42.6 Å². The molecule has 2 aromatic carbocycles. The van der Waals surface area contributed by atoms with Crippen molar-refractivity contribution in [2.45, 2.75) is 25.4 Å². The molecule has 1 aliphatic carbocycles. The van der Waals surface area contributed by atoms with Gasteiger partial charge in [0.05, 0.1) is 19.0 Å². The van der Waals surface area contributed by atoms with Gasteiger partial charge in [-0.3, -0.25) is 0 Å². The molecule has 0 spiro atoms. The maximum atomic E-state index is 14.2. The number of esters is 1. The highest BCUT2D eigenvalue weighted by Crippen LogP contribution is 2.35. The topological polar surface area (TPSA) is 90.1 Å². The van der Waals surface area contributed by atoms with Crippen molar-refractivity contribution in [1.29, 1.82) is 0 Å². The molecule has 4 rings (SSSR count). The van der Waals surface area contributed by atoms with Crippen LogP contribution in [-0.2, 0) is 17.7 Å². The smallest absolute Gasteiger partial charge is 0.360 e. The first-order chi connectivity index (χ1) is 14.5. The number of halogens is 2. The monoisotopic (exact) mass is 410 g/mol. The van der Waals surface area contributed by atoms with Gasteiger partial charge in [0, 0.05) is 23.7 Å². The van der Waals surface area contributed by atoms with Crippen LogP contribution in [0.1, 0.15) is 39.6 Å². The highest BCUT2D eigenvalue weighted by Gasteiger charge is 2.28. The lowest BCUT2D eigenvalue weighted by Crippen LogP contribution is -2.19. The van der Waals surface area contributed by atoms with E-state index in [9.17, 15) is 13.6 Å². The largest absolute Gasteiger partial charge is 0.464 e. The number of fused-ring (bicyclic) bond motifs is 1. The SMILES string of the molecule is COC(=O)c1nc(-c2cccc(CNC3CCc4c(F)ccc(F)c43)c2)cnc1N. The van der Waals surface area contributed by atoms with Gasteiger partial charge in [-0.05, 0) is 42.2 Å². The molecule has 0 saturated carbocycles. The van der Waals surface area contributed by atoms with Crippen molar-refractivity contribution in [1.82, 2.24) is 15.3 Å². The number of rotatable bonds is 5. The van der Waals surface area contributed by atoms with Gasteiger partial charge in [-0.25, -0.2) is 23.5 Å². The molecular formula is C22H20F2N4O2. The number of aromatic nitrogens is 2. The standard InChI is InChI=1S/C22H20F2N4O2/c1-30-22(29)20-21(25)27-11-18(28-20)13-4-2-3-12(9-13)10-26-17-8-5-14-15(23)6-7-16(24)19(14)17/h2-4,6-7,9,11,17,26H,5,8,10H2,1H3,(H2,25,27). The Bertz CT molecular complexity index is 1120. The molecule has 0 saturated heterocycles. The summed E-state index contributed by atoms with van der Waals surface area (Å²) in [6.45, 7) is 0.458.